The summed E-state index contributed by atoms with van der Waals surface area (Å²) in [4.78, 5) is 2.43. The summed E-state index contributed by atoms with van der Waals surface area (Å²) in [6.45, 7) is 0. The van der Waals surface area contributed by atoms with Gasteiger partial charge in [-0.1, -0.05) is 170 Å². The first-order chi connectivity index (χ1) is 26.8. The Kier molecular flexibility index (Phi) is 7.85. The lowest BCUT2D eigenvalue weighted by Crippen LogP contribution is -2.11. The van der Waals surface area contributed by atoms with E-state index >= 15 is 0 Å². The summed E-state index contributed by atoms with van der Waals surface area (Å²) in [6.07, 6.45) is 0. The predicted molar refractivity (Wildman–Crippen MR) is 229 cm³/mol. The fraction of sp³-hybridized carbons (Fsp3) is 0. The molecule has 0 spiro atoms. The number of anilines is 3. The number of rotatable bonds is 7. The van der Waals surface area contributed by atoms with Gasteiger partial charge in [-0.25, -0.2) is 0 Å². The van der Waals surface area contributed by atoms with Gasteiger partial charge in [-0.15, -0.1) is 0 Å². The zero-order valence-corrected chi connectivity index (χ0v) is 29.7. The van der Waals surface area contributed by atoms with Crippen molar-refractivity contribution in [2.24, 2.45) is 0 Å². The van der Waals surface area contributed by atoms with Gasteiger partial charge in [-0.3, -0.25) is 0 Å². The van der Waals surface area contributed by atoms with Gasteiger partial charge in [0.15, 0.2) is 0 Å². The predicted octanol–water partition coefficient (Wildman–Crippen LogP) is 14.4. The lowest BCUT2D eigenvalue weighted by Gasteiger charge is -2.29. The number of benzene rings is 9. The first-order valence-corrected chi connectivity index (χ1v) is 18.5. The number of aromatic nitrogens is 1. The number of para-hydroxylation sites is 2. The molecule has 0 aliphatic rings. The van der Waals surface area contributed by atoms with Crippen LogP contribution in [-0.2, 0) is 0 Å². The van der Waals surface area contributed by atoms with E-state index in [0.29, 0.717) is 0 Å². The molecule has 0 N–H and O–H groups in total. The van der Waals surface area contributed by atoms with Crippen molar-refractivity contribution in [1.82, 2.24) is 4.57 Å². The second-order valence-electron chi connectivity index (χ2n) is 13.8. The fourth-order valence-electron chi connectivity index (χ4n) is 8.01. The summed E-state index contributed by atoms with van der Waals surface area (Å²) in [6, 6.07) is 78.9. The number of fused-ring (bicyclic) bond motifs is 4. The number of nitrogens with zero attached hydrogens (tertiary/aromatic N) is 2. The van der Waals surface area contributed by atoms with Crippen LogP contribution in [0.4, 0.5) is 17.1 Å². The molecule has 10 rings (SSSR count). The van der Waals surface area contributed by atoms with E-state index in [0.717, 1.165) is 33.9 Å². The molecule has 2 nitrogen and oxygen atoms in total. The molecule has 2 heteroatoms. The monoisotopic (exact) mass is 688 g/mol. The summed E-state index contributed by atoms with van der Waals surface area (Å²) >= 11 is 0. The average molecular weight is 689 g/mol. The van der Waals surface area contributed by atoms with Crippen LogP contribution in [0.25, 0.3) is 71.6 Å². The molecule has 0 radical (unpaired) electrons. The van der Waals surface area contributed by atoms with E-state index in [1.807, 2.05) is 0 Å². The topological polar surface area (TPSA) is 8.17 Å². The number of hydrogen-bond donors (Lipinski definition) is 0. The third-order valence-corrected chi connectivity index (χ3v) is 10.6. The van der Waals surface area contributed by atoms with E-state index in [1.54, 1.807) is 0 Å². The van der Waals surface area contributed by atoms with Crippen LogP contribution in [0.1, 0.15) is 0 Å². The molecule has 0 fully saturated rings. The zero-order valence-electron chi connectivity index (χ0n) is 29.7. The molecule has 1 aromatic heterocycles. The SMILES string of the molecule is c1ccc(-c2ccc(N(c3ccccc3-c3ccc4c5ccccc5n(-c5ccc(-c6ccccc6)cc5)c4c3)c3cccc4ccccc34)cc2)cc1. The minimum absolute atomic E-state index is 1.10. The van der Waals surface area contributed by atoms with Crippen molar-refractivity contribution in [3.8, 4) is 39.1 Å². The number of hydrogen-bond acceptors (Lipinski definition) is 1. The molecule has 0 amide bonds. The Balaban J connectivity index is 1.15. The van der Waals surface area contributed by atoms with Gasteiger partial charge in [-0.05, 0) is 81.7 Å². The third kappa shape index (κ3) is 5.53. The minimum Gasteiger partial charge on any atom is -0.309 e. The zero-order chi connectivity index (χ0) is 35.8. The maximum absolute atomic E-state index is 2.43. The molecule has 0 bridgehead atoms. The van der Waals surface area contributed by atoms with Gasteiger partial charge >= 0.3 is 0 Å². The van der Waals surface area contributed by atoms with Crippen LogP contribution in [0.3, 0.4) is 0 Å². The third-order valence-electron chi connectivity index (χ3n) is 10.6. The van der Waals surface area contributed by atoms with E-state index in [4.69, 9.17) is 0 Å². The largest absolute Gasteiger partial charge is 0.309 e. The fourth-order valence-corrected chi connectivity index (χ4v) is 8.01. The summed E-state index contributed by atoms with van der Waals surface area (Å²) in [7, 11) is 0. The van der Waals surface area contributed by atoms with Gasteiger partial charge in [0, 0.05) is 33.1 Å². The molecule has 0 atom stereocenters. The normalized spacial score (nSPS) is 11.3. The van der Waals surface area contributed by atoms with Gasteiger partial charge < -0.3 is 9.47 Å². The average Bonchev–Trinajstić information content (AvgIpc) is 3.58. The van der Waals surface area contributed by atoms with E-state index in [1.165, 1.54) is 54.8 Å². The highest BCUT2D eigenvalue weighted by molar-refractivity contribution is 6.11. The van der Waals surface area contributed by atoms with E-state index in [9.17, 15) is 0 Å². The van der Waals surface area contributed by atoms with Gasteiger partial charge in [-0.2, -0.15) is 0 Å². The molecule has 0 aliphatic carbocycles. The van der Waals surface area contributed by atoms with E-state index in [2.05, 4.69) is 228 Å². The van der Waals surface area contributed by atoms with Crippen molar-refractivity contribution in [1.29, 1.82) is 0 Å². The Labute approximate surface area is 315 Å². The van der Waals surface area contributed by atoms with Crippen LogP contribution in [0.15, 0.2) is 218 Å². The molecule has 0 saturated carbocycles. The summed E-state index contributed by atoms with van der Waals surface area (Å²) in [5.74, 6) is 0. The Morgan fingerprint density at radius 3 is 1.57 bits per heavy atom. The maximum Gasteiger partial charge on any atom is 0.0547 e. The second-order valence-corrected chi connectivity index (χ2v) is 13.8. The molecule has 1 heterocycles. The van der Waals surface area contributed by atoms with E-state index in [-0.39, 0.29) is 0 Å². The maximum atomic E-state index is 2.43. The second kappa shape index (κ2) is 13.4. The van der Waals surface area contributed by atoms with E-state index < -0.39 is 0 Å². The Bertz CT molecular complexity index is 2900. The van der Waals surface area contributed by atoms with Crippen molar-refractivity contribution >= 4 is 49.6 Å². The van der Waals surface area contributed by atoms with Crippen LogP contribution < -0.4 is 4.90 Å². The van der Waals surface area contributed by atoms with Gasteiger partial charge in [0.05, 0.1) is 22.4 Å². The first kappa shape index (κ1) is 31.6. The van der Waals surface area contributed by atoms with Crippen molar-refractivity contribution in [2.75, 3.05) is 4.90 Å². The highest BCUT2D eigenvalue weighted by Gasteiger charge is 2.20. The first-order valence-electron chi connectivity index (χ1n) is 18.5. The standard InChI is InChI=1S/C52H36N2/c1-3-14-37(15-4-1)39-26-31-43(32-27-39)53(50-25-13-19-41-18-7-8-20-45(41)50)49-23-11-9-21-46(49)42-30-35-48-47-22-10-12-24-51(47)54(52(48)36-42)44-33-28-40(29-34-44)38-16-5-2-6-17-38/h1-36H. The van der Waals surface area contributed by atoms with Crippen molar-refractivity contribution in [3.63, 3.8) is 0 Å². The summed E-state index contributed by atoms with van der Waals surface area (Å²) in [5.41, 5.74) is 14.0. The van der Waals surface area contributed by atoms with Crippen LogP contribution in [0.2, 0.25) is 0 Å². The molecule has 0 aliphatic heterocycles. The lowest BCUT2D eigenvalue weighted by molar-refractivity contribution is 1.18. The summed E-state index contributed by atoms with van der Waals surface area (Å²) in [5, 5.41) is 4.90. The van der Waals surface area contributed by atoms with Gasteiger partial charge in [0.1, 0.15) is 0 Å². The van der Waals surface area contributed by atoms with Crippen LogP contribution in [-0.4, -0.2) is 4.57 Å². The summed E-state index contributed by atoms with van der Waals surface area (Å²) < 4.78 is 2.41. The quantitative estimate of drug-likeness (QED) is 0.162. The molecule has 54 heavy (non-hydrogen) atoms. The van der Waals surface area contributed by atoms with Gasteiger partial charge in [0.25, 0.3) is 0 Å². The van der Waals surface area contributed by atoms with Gasteiger partial charge in [0.2, 0.25) is 0 Å². The van der Waals surface area contributed by atoms with Crippen LogP contribution in [0, 0.1) is 0 Å². The van der Waals surface area contributed by atoms with Crippen LogP contribution >= 0.6 is 0 Å². The Morgan fingerprint density at radius 2 is 0.833 bits per heavy atom. The molecular formula is C52H36N2. The molecular weight excluding hydrogens is 653 g/mol. The molecule has 10 aromatic rings. The molecule has 254 valence electrons. The lowest BCUT2D eigenvalue weighted by atomic mass is 9.99. The molecule has 0 saturated heterocycles. The molecule has 0 unspecified atom stereocenters. The smallest absolute Gasteiger partial charge is 0.0547 e. The van der Waals surface area contributed by atoms with Crippen molar-refractivity contribution in [2.45, 2.75) is 0 Å². The molecule has 9 aromatic carbocycles. The Hall–Kier alpha value is -7.16. The van der Waals surface area contributed by atoms with Crippen molar-refractivity contribution < 1.29 is 0 Å². The minimum atomic E-state index is 1.10. The van der Waals surface area contributed by atoms with Crippen molar-refractivity contribution in [3.05, 3.63) is 218 Å². The van der Waals surface area contributed by atoms with Crippen LogP contribution in [0.5, 0.6) is 0 Å². The highest BCUT2D eigenvalue weighted by Crippen LogP contribution is 2.45. The Morgan fingerprint density at radius 1 is 0.315 bits per heavy atom. The highest BCUT2D eigenvalue weighted by atomic mass is 15.1.